The van der Waals surface area contributed by atoms with Crippen LogP contribution in [-0.4, -0.2) is 38.3 Å². The number of likely N-dealkylation sites (N-methyl/N-ethyl adjacent to an activating group) is 1. The van der Waals surface area contributed by atoms with Crippen molar-refractivity contribution in [1.29, 1.82) is 0 Å². The minimum absolute atomic E-state index is 0.148. The van der Waals surface area contributed by atoms with E-state index in [9.17, 15) is 4.39 Å². The van der Waals surface area contributed by atoms with Gasteiger partial charge in [0.1, 0.15) is 12.4 Å². The molecule has 0 aromatic heterocycles. The molecule has 0 saturated heterocycles. The van der Waals surface area contributed by atoms with Crippen LogP contribution >= 0.6 is 0 Å². The highest BCUT2D eigenvalue weighted by Gasteiger charge is 2.25. The molecule has 0 amide bonds. The number of nitrogens with two attached hydrogens (primary N) is 1. The lowest BCUT2D eigenvalue weighted by Gasteiger charge is -2.17. The van der Waals surface area contributed by atoms with Crippen LogP contribution in [0.4, 0.5) is 10.1 Å². The van der Waals surface area contributed by atoms with Gasteiger partial charge in [0, 0.05) is 24.7 Å². The van der Waals surface area contributed by atoms with Gasteiger partial charge in [0.2, 0.25) is 0 Å². The molecule has 1 aromatic carbocycles. The number of hydrogen-bond acceptors (Lipinski definition) is 4. The first-order chi connectivity index (χ1) is 8.61. The summed E-state index contributed by atoms with van der Waals surface area (Å²) in [5.41, 5.74) is 5.99. The zero-order valence-corrected chi connectivity index (χ0v) is 10.8. The van der Waals surface area contributed by atoms with E-state index in [0.29, 0.717) is 24.1 Å². The Labute approximate surface area is 106 Å². The molecule has 1 aliphatic rings. The molecule has 4 nitrogen and oxygen atoms in total. The first-order valence-corrected chi connectivity index (χ1v) is 6.08. The van der Waals surface area contributed by atoms with Crippen molar-refractivity contribution in [3.05, 3.63) is 17.9 Å². The van der Waals surface area contributed by atoms with Crippen LogP contribution in [0.3, 0.4) is 0 Å². The Morgan fingerprint density at radius 2 is 2.11 bits per heavy atom. The average molecular weight is 254 g/mol. The summed E-state index contributed by atoms with van der Waals surface area (Å²) < 4.78 is 23.8. The van der Waals surface area contributed by atoms with E-state index >= 15 is 0 Å². The first kappa shape index (κ1) is 13.0. The minimum Gasteiger partial charge on any atom is -0.494 e. The molecule has 1 fully saturated rings. The SMILES string of the molecule is COc1cc(OCCN(C)C2CC2)c(N)cc1F. The topological polar surface area (TPSA) is 47.7 Å². The van der Waals surface area contributed by atoms with Gasteiger partial charge in [-0.2, -0.15) is 0 Å². The number of rotatable bonds is 6. The molecule has 1 saturated carbocycles. The van der Waals surface area contributed by atoms with E-state index in [4.69, 9.17) is 15.2 Å². The fourth-order valence-electron chi connectivity index (χ4n) is 1.83. The maximum absolute atomic E-state index is 13.3. The number of methoxy groups -OCH3 is 1. The van der Waals surface area contributed by atoms with Gasteiger partial charge >= 0.3 is 0 Å². The third kappa shape index (κ3) is 3.04. The van der Waals surface area contributed by atoms with Gasteiger partial charge in [0.15, 0.2) is 11.6 Å². The highest BCUT2D eigenvalue weighted by Crippen LogP contribution is 2.30. The van der Waals surface area contributed by atoms with Gasteiger partial charge in [-0.1, -0.05) is 0 Å². The lowest BCUT2D eigenvalue weighted by atomic mass is 10.2. The second-order valence-electron chi connectivity index (χ2n) is 4.58. The van der Waals surface area contributed by atoms with Crippen LogP contribution in [0.5, 0.6) is 11.5 Å². The van der Waals surface area contributed by atoms with Crippen molar-refractivity contribution in [3.8, 4) is 11.5 Å². The number of nitrogens with zero attached hydrogens (tertiary/aromatic N) is 1. The summed E-state index contributed by atoms with van der Waals surface area (Å²) in [7, 11) is 3.49. The van der Waals surface area contributed by atoms with Gasteiger partial charge in [-0.25, -0.2) is 4.39 Å². The highest BCUT2D eigenvalue weighted by molar-refractivity contribution is 5.56. The average Bonchev–Trinajstić information content (AvgIpc) is 3.15. The largest absolute Gasteiger partial charge is 0.494 e. The van der Waals surface area contributed by atoms with Crippen LogP contribution in [0.25, 0.3) is 0 Å². The summed E-state index contributed by atoms with van der Waals surface area (Å²) in [5.74, 6) is 0.143. The molecule has 0 spiro atoms. The second-order valence-corrected chi connectivity index (χ2v) is 4.58. The fraction of sp³-hybridized carbons (Fsp3) is 0.538. The molecule has 0 heterocycles. The molecule has 2 N–H and O–H groups in total. The van der Waals surface area contributed by atoms with Gasteiger partial charge in [-0.3, -0.25) is 0 Å². The molecule has 0 radical (unpaired) electrons. The van der Waals surface area contributed by atoms with Crippen LogP contribution in [0, 0.1) is 5.82 Å². The predicted molar refractivity (Wildman–Crippen MR) is 68.5 cm³/mol. The standard InChI is InChI=1S/C13H19FN2O2/c1-16(9-3-4-9)5-6-18-13-8-12(17-2)10(14)7-11(13)15/h7-9H,3-6,15H2,1-2H3. The van der Waals surface area contributed by atoms with Crippen LogP contribution in [0.1, 0.15) is 12.8 Å². The monoisotopic (exact) mass is 254 g/mol. The van der Waals surface area contributed by atoms with Crippen molar-refractivity contribution in [1.82, 2.24) is 4.90 Å². The molecule has 0 bridgehead atoms. The Morgan fingerprint density at radius 3 is 2.72 bits per heavy atom. The maximum Gasteiger partial charge on any atom is 0.167 e. The van der Waals surface area contributed by atoms with E-state index in [1.165, 1.54) is 32.1 Å². The van der Waals surface area contributed by atoms with Gasteiger partial charge in [0.05, 0.1) is 12.8 Å². The Hall–Kier alpha value is -1.49. The third-order valence-corrected chi connectivity index (χ3v) is 3.16. The van der Waals surface area contributed by atoms with Crippen LogP contribution < -0.4 is 15.2 Å². The maximum atomic E-state index is 13.3. The summed E-state index contributed by atoms with van der Waals surface area (Å²) in [5, 5.41) is 0. The number of benzene rings is 1. The Bertz CT molecular complexity index is 422. The van der Waals surface area contributed by atoms with E-state index < -0.39 is 5.82 Å². The van der Waals surface area contributed by atoms with Gasteiger partial charge in [0.25, 0.3) is 0 Å². The van der Waals surface area contributed by atoms with E-state index in [2.05, 4.69) is 11.9 Å². The van der Waals surface area contributed by atoms with Gasteiger partial charge < -0.3 is 20.1 Å². The molecule has 18 heavy (non-hydrogen) atoms. The van der Waals surface area contributed by atoms with Crippen LogP contribution in [-0.2, 0) is 0 Å². The van der Waals surface area contributed by atoms with Crippen molar-refractivity contribution in [2.45, 2.75) is 18.9 Å². The zero-order chi connectivity index (χ0) is 13.1. The molecule has 2 rings (SSSR count). The van der Waals surface area contributed by atoms with Crippen molar-refractivity contribution in [2.75, 3.05) is 33.0 Å². The summed E-state index contributed by atoms with van der Waals surface area (Å²) in [6.45, 7) is 1.37. The van der Waals surface area contributed by atoms with Gasteiger partial charge in [-0.15, -0.1) is 0 Å². The number of halogens is 1. The first-order valence-electron chi connectivity index (χ1n) is 6.08. The minimum atomic E-state index is -0.475. The second kappa shape index (κ2) is 5.44. The summed E-state index contributed by atoms with van der Waals surface area (Å²) in [6, 6.07) is 3.41. The molecule has 100 valence electrons. The molecular formula is C13H19FN2O2. The predicted octanol–water partition coefficient (Wildman–Crippen LogP) is 1.89. The number of hydrogen-bond donors (Lipinski definition) is 1. The summed E-state index contributed by atoms with van der Waals surface area (Å²) >= 11 is 0. The summed E-state index contributed by atoms with van der Waals surface area (Å²) in [4.78, 5) is 2.26. The lowest BCUT2D eigenvalue weighted by Crippen LogP contribution is -2.26. The molecule has 0 unspecified atom stereocenters. The van der Waals surface area contributed by atoms with Crippen molar-refractivity contribution in [3.63, 3.8) is 0 Å². The molecule has 5 heteroatoms. The quantitative estimate of drug-likeness (QED) is 0.788. The molecule has 0 atom stereocenters. The Morgan fingerprint density at radius 1 is 1.39 bits per heavy atom. The third-order valence-electron chi connectivity index (χ3n) is 3.16. The molecular weight excluding hydrogens is 235 g/mol. The molecule has 1 aliphatic carbocycles. The Balaban J connectivity index is 1.91. The molecule has 0 aliphatic heterocycles. The van der Waals surface area contributed by atoms with E-state index in [-0.39, 0.29) is 5.75 Å². The zero-order valence-electron chi connectivity index (χ0n) is 10.8. The van der Waals surface area contributed by atoms with E-state index in [1.807, 2.05) is 0 Å². The normalized spacial score (nSPS) is 14.9. The summed E-state index contributed by atoms with van der Waals surface area (Å²) in [6.07, 6.45) is 2.53. The fourth-order valence-corrected chi connectivity index (χ4v) is 1.83. The van der Waals surface area contributed by atoms with Crippen molar-refractivity contribution in [2.24, 2.45) is 0 Å². The van der Waals surface area contributed by atoms with Crippen molar-refractivity contribution >= 4 is 5.69 Å². The lowest BCUT2D eigenvalue weighted by molar-refractivity contribution is 0.231. The van der Waals surface area contributed by atoms with E-state index in [0.717, 1.165) is 6.54 Å². The number of ether oxygens (including phenoxy) is 2. The van der Waals surface area contributed by atoms with Gasteiger partial charge in [-0.05, 0) is 19.9 Å². The molecule has 1 aromatic rings. The van der Waals surface area contributed by atoms with Crippen LogP contribution in [0.15, 0.2) is 12.1 Å². The smallest absolute Gasteiger partial charge is 0.167 e. The Kier molecular flexibility index (Phi) is 3.91. The van der Waals surface area contributed by atoms with E-state index in [1.54, 1.807) is 0 Å². The van der Waals surface area contributed by atoms with Crippen LogP contribution in [0.2, 0.25) is 0 Å². The number of nitrogen functional groups attached to an aromatic ring is 1. The van der Waals surface area contributed by atoms with Crippen molar-refractivity contribution < 1.29 is 13.9 Å². The number of anilines is 1. The highest BCUT2D eigenvalue weighted by atomic mass is 19.1.